The van der Waals surface area contributed by atoms with Gasteiger partial charge in [0.15, 0.2) is 0 Å². The van der Waals surface area contributed by atoms with Crippen LogP contribution in [-0.2, 0) is 21.2 Å². The van der Waals surface area contributed by atoms with Crippen LogP contribution in [0.25, 0.3) is 10.9 Å². The van der Waals surface area contributed by atoms with E-state index in [1.54, 1.807) is 18.2 Å². The van der Waals surface area contributed by atoms with Gasteiger partial charge in [0, 0.05) is 27.0 Å². The second-order valence-electron chi connectivity index (χ2n) is 7.54. The van der Waals surface area contributed by atoms with Crippen LogP contribution in [0.5, 0.6) is 0 Å². The van der Waals surface area contributed by atoms with Crippen molar-refractivity contribution in [3.63, 3.8) is 0 Å². The van der Waals surface area contributed by atoms with Crippen molar-refractivity contribution in [2.24, 2.45) is 0 Å². The highest BCUT2D eigenvalue weighted by molar-refractivity contribution is 9.10. The van der Waals surface area contributed by atoms with Crippen LogP contribution in [0.15, 0.2) is 64.0 Å². The van der Waals surface area contributed by atoms with Crippen LogP contribution in [-0.4, -0.2) is 25.5 Å². The van der Waals surface area contributed by atoms with Crippen molar-refractivity contribution in [1.82, 2.24) is 3.97 Å². The Balaban J connectivity index is 2.08. The molecular weight excluding hydrogens is 589 g/mol. The van der Waals surface area contributed by atoms with Crippen LogP contribution in [0.1, 0.15) is 32.7 Å². The summed E-state index contributed by atoms with van der Waals surface area (Å²) in [6, 6.07) is 17.6. The van der Waals surface area contributed by atoms with Gasteiger partial charge in [-0.05, 0) is 57.9 Å². The number of carbonyl (C=O) groups excluding carboxylic acids is 1. The fourth-order valence-electron chi connectivity index (χ4n) is 3.88. The first-order valence-corrected chi connectivity index (χ1v) is 13.2. The molecule has 11 heteroatoms. The number of carbonyl (C=O) groups is 1. The smallest absolute Gasteiger partial charge is 0.339 e. The number of rotatable bonds is 5. The number of halogens is 3. The van der Waals surface area contributed by atoms with E-state index in [0.29, 0.717) is 5.56 Å². The molecule has 0 atom stereocenters. The van der Waals surface area contributed by atoms with Crippen LogP contribution in [0, 0.1) is 22.7 Å². The van der Waals surface area contributed by atoms with E-state index in [2.05, 4.69) is 15.9 Å². The van der Waals surface area contributed by atoms with E-state index in [0.717, 1.165) is 3.97 Å². The lowest BCUT2D eigenvalue weighted by molar-refractivity contribution is 0.0601. The van der Waals surface area contributed by atoms with E-state index in [1.165, 1.54) is 43.5 Å². The zero-order chi connectivity index (χ0) is 26.2. The molecule has 0 saturated heterocycles. The monoisotopic (exact) mass is 601 g/mol. The number of nitriles is 2. The Morgan fingerprint density at radius 1 is 1.06 bits per heavy atom. The van der Waals surface area contributed by atoms with E-state index in [9.17, 15) is 23.7 Å². The standard InChI is InChI=1S/C25H14BrCl2N3O4S/c1-35-25(32)16-7-8-22(27)18(24(16)28)10-14-9-17-19(12-29)20(13-30)21(26)11-23(17)31(14)36(33,34)15-5-3-2-4-6-15/h2-9,11H,10H2,1H3. The molecule has 1 aromatic heterocycles. The van der Waals surface area contributed by atoms with Crippen LogP contribution in [0.2, 0.25) is 10.0 Å². The number of hydrogen-bond donors (Lipinski definition) is 0. The number of fused-ring (bicyclic) bond motifs is 1. The van der Waals surface area contributed by atoms with E-state index in [-0.39, 0.29) is 59.1 Å². The molecular formula is C25H14BrCl2N3O4S. The number of nitrogens with zero attached hydrogens (tertiary/aromatic N) is 3. The predicted molar refractivity (Wildman–Crippen MR) is 139 cm³/mol. The lowest BCUT2D eigenvalue weighted by Gasteiger charge is -2.15. The van der Waals surface area contributed by atoms with Gasteiger partial charge in [-0.3, -0.25) is 0 Å². The fourth-order valence-corrected chi connectivity index (χ4v) is 6.52. The van der Waals surface area contributed by atoms with E-state index in [4.69, 9.17) is 27.9 Å². The van der Waals surface area contributed by atoms with Gasteiger partial charge in [-0.1, -0.05) is 41.4 Å². The Kier molecular flexibility index (Phi) is 7.12. The molecule has 0 saturated carbocycles. The largest absolute Gasteiger partial charge is 0.465 e. The lowest BCUT2D eigenvalue weighted by Crippen LogP contribution is -2.16. The highest BCUT2D eigenvalue weighted by Gasteiger charge is 2.27. The maximum Gasteiger partial charge on any atom is 0.339 e. The summed E-state index contributed by atoms with van der Waals surface area (Å²) in [4.78, 5) is 12.2. The zero-order valence-corrected chi connectivity index (χ0v) is 22.3. The van der Waals surface area contributed by atoms with Crippen LogP contribution < -0.4 is 0 Å². The van der Waals surface area contributed by atoms with Gasteiger partial charge < -0.3 is 4.74 Å². The molecule has 0 bridgehead atoms. The first kappa shape index (κ1) is 25.7. The molecule has 0 N–H and O–H groups in total. The highest BCUT2D eigenvalue weighted by atomic mass is 79.9. The molecule has 0 spiro atoms. The summed E-state index contributed by atoms with van der Waals surface area (Å²) in [5, 5.41) is 19.9. The summed E-state index contributed by atoms with van der Waals surface area (Å²) >= 11 is 16.2. The van der Waals surface area contributed by atoms with Crippen molar-refractivity contribution in [3.8, 4) is 12.1 Å². The van der Waals surface area contributed by atoms with Crippen molar-refractivity contribution in [2.45, 2.75) is 11.3 Å². The molecule has 36 heavy (non-hydrogen) atoms. The van der Waals surface area contributed by atoms with Crippen LogP contribution >= 0.6 is 39.1 Å². The van der Waals surface area contributed by atoms with Crippen LogP contribution in [0.3, 0.4) is 0 Å². The third-order valence-electron chi connectivity index (χ3n) is 5.54. The first-order valence-electron chi connectivity index (χ1n) is 10.2. The molecule has 0 aliphatic rings. The number of hydrogen-bond acceptors (Lipinski definition) is 6. The topological polar surface area (TPSA) is 113 Å². The molecule has 0 radical (unpaired) electrons. The molecule has 0 aliphatic carbocycles. The van der Waals surface area contributed by atoms with Gasteiger partial charge in [0.1, 0.15) is 12.1 Å². The number of methoxy groups -OCH3 is 1. The second-order valence-corrected chi connectivity index (χ2v) is 11.0. The van der Waals surface area contributed by atoms with Crippen molar-refractivity contribution < 1.29 is 17.9 Å². The van der Waals surface area contributed by atoms with E-state index in [1.807, 2.05) is 12.1 Å². The van der Waals surface area contributed by atoms with Crippen molar-refractivity contribution in [2.75, 3.05) is 7.11 Å². The molecule has 3 aromatic carbocycles. The molecule has 0 aliphatic heterocycles. The summed E-state index contributed by atoms with van der Waals surface area (Å²) in [5.74, 6) is -0.676. The van der Waals surface area contributed by atoms with Crippen molar-refractivity contribution >= 4 is 66.0 Å². The third kappa shape index (κ3) is 4.25. The van der Waals surface area contributed by atoms with Crippen molar-refractivity contribution in [3.05, 3.63) is 97.1 Å². The van der Waals surface area contributed by atoms with E-state index < -0.39 is 16.0 Å². The third-order valence-corrected chi connectivity index (χ3v) is 8.73. The molecule has 180 valence electrons. The minimum absolute atomic E-state index is 0.0164. The molecule has 0 fully saturated rings. The Labute approximate surface area is 225 Å². The van der Waals surface area contributed by atoms with Crippen molar-refractivity contribution in [1.29, 1.82) is 10.5 Å². The van der Waals surface area contributed by atoms with Gasteiger partial charge >= 0.3 is 5.97 Å². The lowest BCUT2D eigenvalue weighted by atomic mass is 10.0. The highest BCUT2D eigenvalue weighted by Crippen LogP contribution is 2.37. The first-order chi connectivity index (χ1) is 17.1. The minimum Gasteiger partial charge on any atom is -0.465 e. The SMILES string of the molecule is COC(=O)c1ccc(Cl)c(Cc2cc3c(C#N)c(C#N)c(Br)cc3n2S(=O)(=O)c2ccccc2)c1Cl. The fraction of sp³-hybridized carbons (Fsp3) is 0.0800. The zero-order valence-electron chi connectivity index (χ0n) is 18.4. The molecule has 1 heterocycles. The van der Waals surface area contributed by atoms with Gasteiger partial charge in [0.2, 0.25) is 0 Å². The Morgan fingerprint density at radius 3 is 2.33 bits per heavy atom. The van der Waals surface area contributed by atoms with Crippen LogP contribution in [0.4, 0.5) is 0 Å². The minimum atomic E-state index is -4.17. The average Bonchev–Trinajstić information content (AvgIpc) is 3.23. The second kappa shape index (κ2) is 9.96. The number of ether oxygens (including phenoxy) is 1. The molecule has 4 aromatic rings. The summed E-state index contributed by atoms with van der Waals surface area (Å²) in [5.41, 5.74) is 0.872. The Morgan fingerprint density at radius 2 is 1.72 bits per heavy atom. The summed E-state index contributed by atoms with van der Waals surface area (Å²) in [7, 11) is -2.95. The van der Waals surface area contributed by atoms with Gasteiger partial charge in [-0.25, -0.2) is 17.2 Å². The Bertz CT molecular complexity index is 1740. The summed E-state index contributed by atoms with van der Waals surface area (Å²) in [6.45, 7) is 0. The number of esters is 1. The van der Waals surface area contributed by atoms with Gasteiger partial charge in [-0.15, -0.1) is 0 Å². The average molecular weight is 603 g/mol. The number of aromatic nitrogens is 1. The van der Waals surface area contributed by atoms with Gasteiger partial charge in [0.05, 0.1) is 39.2 Å². The Hall–Kier alpha value is -3.34. The molecule has 4 rings (SSSR count). The molecule has 7 nitrogen and oxygen atoms in total. The quantitative estimate of drug-likeness (QED) is 0.256. The van der Waals surface area contributed by atoms with Gasteiger partial charge in [0.25, 0.3) is 10.0 Å². The molecule has 0 unspecified atom stereocenters. The predicted octanol–water partition coefficient (Wildman–Crippen LogP) is 6.07. The maximum atomic E-state index is 13.8. The van der Waals surface area contributed by atoms with E-state index >= 15 is 0 Å². The van der Waals surface area contributed by atoms with Gasteiger partial charge in [-0.2, -0.15) is 10.5 Å². The normalized spacial score (nSPS) is 11.2. The molecule has 0 amide bonds. The summed E-state index contributed by atoms with van der Waals surface area (Å²) < 4.78 is 33.8. The summed E-state index contributed by atoms with van der Waals surface area (Å²) in [6.07, 6.45) is -0.104. The maximum absolute atomic E-state index is 13.8. The number of benzene rings is 3.